The molecule has 0 aliphatic carbocycles. The van der Waals surface area contributed by atoms with Gasteiger partial charge in [0.15, 0.2) is 28.7 Å². The van der Waals surface area contributed by atoms with Gasteiger partial charge in [0.05, 0.1) is 11.1 Å². The molecule has 6 N–H and O–H groups in total. The van der Waals surface area contributed by atoms with Gasteiger partial charge in [0.2, 0.25) is 0 Å². The third kappa shape index (κ3) is 16.1. The van der Waals surface area contributed by atoms with Crippen LogP contribution in [-0.2, 0) is 41.7 Å². The predicted octanol–water partition coefficient (Wildman–Crippen LogP) is 4.32. The number of Topliss-reactive ketones (excluding diaryl/α,β-unsaturated/α-hetero) is 2. The number of ketones is 2. The van der Waals surface area contributed by atoms with Gasteiger partial charge in [-0.2, -0.15) is 0 Å². The number of pyridine rings is 4. The summed E-state index contributed by atoms with van der Waals surface area (Å²) >= 11 is 0. The number of hydrogen-bond acceptors (Lipinski definition) is 20. The van der Waals surface area contributed by atoms with Gasteiger partial charge >= 0.3 is 38.1 Å². The number of carbonyl (C=O) groups is 6. The standard InChI is InChI=1S/C18H17BN2O6.C18H17BN2O5.C8H8N2O3.C8H8N2O2/c1-26-21-16(12-5-3-7-20-10-12)15(22)9-13-8-11-4-2-6-14(18(23)24)17(11)27-19(13)25;1-20-16(12-5-3-7-21-10-12)15(22)9-13-8-11-4-2-6-14(18(23)24)17(11)26-19(13)25;1-13-10-7(8(11)12)6-3-2-4-9-5-6;1-9-7(8(11)12)6-3-2-4-10-5-6/h2-7,10,13,25H,8-9H2,1H3,(H,23,24);2-7,10,13,25H,8-9H2,1H3,(H,23,24);2-5H,1H3,(H,11,12);2-5H,1H3,(H,11,12)/b21-16-;;10-7-;/t2*13-;;/m11../s1. The lowest BCUT2D eigenvalue weighted by atomic mass is 9.64. The van der Waals surface area contributed by atoms with E-state index >= 15 is 0 Å². The van der Waals surface area contributed by atoms with Gasteiger partial charge in [0, 0.05) is 110 Å². The number of carboxylic acid groups (broad SMARTS) is 4. The molecule has 2 aromatic carbocycles. The van der Waals surface area contributed by atoms with Crippen LogP contribution in [0.4, 0.5) is 0 Å². The Kier molecular flexibility index (Phi) is 22.2. The molecule has 24 nitrogen and oxygen atoms in total. The molecule has 2 atom stereocenters. The van der Waals surface area contributed by atoms with E-state index in [1.165, 1.54) is 59.0 Å². The summed E-state index contributed by atoms with van der Waals surface area (Å²) in [6, 6.07) is 22.9. The van der Waals surface area contributed by atoms with Crippen molar-refractivity contribution in [3.05, 3.63) is 179 Å². The average molecular weight is 1060 g/mol. The molecular weight excluding hydrogens is 1010 g/mol. The first-order chi connectivity index (χ1) is 37.5. The third-order valence-electron chi connectivity index (χ3n) is 11.3. The first kappa shape index (κ1) is 59.1. The molecule has 0 fully saturated rings. The molecule has 400 valence electrons. The average Bonchev–Trinajstić information content (AvgIpc) is 3.45. The number of nitrogens with zero attached hydrogens (tertiary/aromatic N) is 8. The summed E-state index contributed by atoms with van der Waals surface area (Å²) in [7, 11) is 3.03. The lowest BCUT2D eigenvalue weighted by Gasteiger charge is -2.28. The number of rotatable bonds is 16. The minimum atomic E-state index is -1.31. The third-order valence-corrected chi connectivity index (χ3v) is 11.3. The zero-order valence-electron chi connectivity index (χ0n) is 42.2. The number of aliphatic carboxylic acids is 2. The normalized spacial score (nSPS) is 14.7. The van der Waals surface area contributed by atoms with E-state index in [0.29, 0.717) is 46.2 Å². The Hall–Kier alpha value is -9.81. The Bertz CT molecular complexity index is 3190. The van der Waals surface area contributed by atoms with Crippen molar-refractivity contribution in [2.24, 2.45) is 20.3 Å². The number of para-hydroxylation sites is 2. The van der Waals surface area contributed by atoms with Gasteiger partial charge in [-0.05, 0) is 84.6 Å². The van der Waals surface area contributed by atoms with Crippen LogP contribution >= 0.6 is 0 Å². The summed E-state index contributed by atoms with van der Waals surface area (Å²) < 4.78 is 10.8. The minimum Gasteiger partial charge on any atom is -0.535 e. The molecule has 0 bridgehead atoms. The Morgan fingerprint density at radius 3 is 1.19 bits per heavy atom. The number of fused-ring (bicyclic) bond motifs is 2. The van der Waals surface area contributed by atoms with Gasteiger partial charge in [-0.25, -0.2) is 19.2 Å². The van der Waals surface area contributed by atoms with E-state index in [4.69, 9.17) is 24.4 Å². The van der Waals surface area contributed by atoms with Gasteiger partial charge < -0.3 is 49.5 Å². The summed E-state index contributed by atoms with van der Waals surface area (Å²) in [5, 5.41) is 63.6. The van der Waals surface area contributed by atoms with Crippen LogP contribution in [0.5, 0.6) is 11.5 Å². The number of aromatic carboxylic acids is 2. The molecule has 0 saturated carbocycles. The lowest BCUT2D eigenvalue weighted by molar-refractivity contribution is -0.130. The number of carboxylic acids is 4. The van der Waals surface area contributed by atoms with Gasteiger partial charge in [-0.1, -0.05) is 34.6 Å². The molecule has 2 aliphatic rings. The number of aliphatic imine (C=N–C) groups is 2. The summed E-state index contributed by atoms with van der Waals surface area (Å²) in [5.41, 5.74) is 3.57. The van der Waals surface area contributed by atoms with E-state index in [2.05, 4.69) is 45.1 Å². The summed E-state index contributed by atoms with van der Waals surface area (Å²) in [4.78, 5) is 102. The van der Waals surface area contributed by atoms with Gasteiger partial charge in [0.25, 0.3) is 0 Å². The van der Waals surface area contributed by atoms with Crippen molar-refractivity contribution in [3.8, 4) is 11.5 Å². The van der Waals surface area contributed by atoms with Crippen molar-refractivity contribution in [2.75, 3.05) is 28.3 Å². The second kappa shape index (κ2) is 29.3. The quantitative estimate of drug-likeness (QED) is 0.0446. The lowest BCUT2D eigenvalue weighted by Crippen LogP contribution is -2.36. The molecule has 4 aromatic heterocycles. The van der Waals surface area contributed by atoms with Crippen LogP contribution in [0, 0.1) is 0 Å². The Morgan fingerprint density at radius 1 is 0.513 bits per heavy atom. The summed E-state index contributed by atoms with van der Waals surface area (Å²) in [6.45, 7) is 0. The van der Waals surface area contributed by atoms with Crippen molar-refractivity contribution in [2.45, 2.75) is 37.3 Å². The monoisotopic (exact) mass is 1060 g/mol. The molecule has 0 saturated heterocycles. The van der Waals surface area contributed by atoms with Crippen molar-refractivity contribution in [3.63, 3.8) is 0 Å². The smallest absolute Gasteiger partial charge is 0.526 e. The van der Waals surface area contributed by atoms with Crippen LogP contribution in [0.1, 0.15) is 66.9 Å². The molecule has 8 rings (SSSR count). The van der Waals surface area contributed by atoms with Crippen molar-refractivity contribution < 1.29 is 78.2 Å². The zero-order chi connectivity index (χ0) is 56.7. The van der Waals surface area contributed by atoms with Gasteiger partial charge in [-0.15, -0.1) is 0 Å². The van der Waals surface area contributed by atoms with Gasteiger partial charge in [-0.3, -0.25) is 39.5 Å². The van der Waals surface area contributed by atoms with Crippen LogP contribution in [0.2, 0.25) is 11.6 Å². The fourth-order valence-electron chi connectivity index (χ4n) is 7.76. The highest BCUT2D eigenvalue weighted by Crippen LogP contribution is 2.38. The highest BCUT2D eigenvalue weighted by Gasteiger charge is 2.40. The molecule has 6 heterocycles. The first-order valence-electron chi connectivity index (χ1n) is 23.2. The van der Waals surface area contributed by atoms with Crippen molar-refractivity contribution in [1.82, 2.24) is 19.9 Å². The topological polar surface area (TPSA) is 362 Å². The van der Waals surface area contributed by atoms with E-state index < -0.39 is 49.7 Å². The van der Waals surface area contributed by atoms with E-state index in [-0.39, 0.29) is 69.9 Å². The highest BCUT2D eigenvalue weighted by atomic mass is 16.6. The maximum absolute atomic E-state index is 12.7. The van der Waals surface area contributed by atoms with Crippen LogP contribution in [0.25, 0.3) is 0 Å². The molecule has 0 amide bonds. The van der Waals surface area contributed by atoms with E-state index in [1.54, 1.807) is 104 Å². The molecule has 26 heteroatoms. The first-order valence-corrected chi connectivity index (χ1v) is 23.2. The maximum atomic E-state index is 12.7. The Morgan fingerprint density at radius 2 is 0.859 bits per heavy atom. The summed E-state index contributed by atoms with van der Waals surface area (Å²) in [5.74, 6) is -5.76. The van der Waals surface area contributed by atoms with Crippen molar-refractivity contribution in [1.29, 1.82) is 0 Å². The highest BCUT2D eigenvalue weighted by molar-refractivity contribution is 6.52. The number of benzene rings is 2. The number of carbonyl (C=O) groups excluding carboxylic acids is 2. The van der Waals surface area contributed by atoms with Gasteiger partial charge in [0.1, 0.15) is 31.4 Å². The van der Waals surface area contributed by atoms with Crippen LogP contribution in [0.15, 0.2) is 155 Å². The van der Waals surface area contributed by atoms with Crippen molar-refractivity contribution >= 4 is 72.5 Å². The fourth-order valence-corrected chi connectivity index (χ4v) is 7.76. The molecule has 0 radical (unpaired) electrons. The molecule has 2 aliphatic heterocycles. The number of aromatic nitrogens is 4. The van der Waals surface area contributed by atoms with E-state index in [1.807, 2.05) is 0 Å². The van der Waals surface area contributed by atoms with E-state index in [9.17, 15) is 49.0 Å². The second-order valence-electron chi connectivity index (χ2n) is 16.4. The zero-order valence-corrected chi connectivity index (χ0v) is 42.2. The molecule has 0 spiro atoms. The maximum Gasteiger partial charge on any atom is 0.526 e. The van der Waals surface area contributed by atoms with Crippen LogP contribution in [-0.4, -0.2) is 151 Å². The molecule has 6 aromatic rings. The molecule has 0 unspecified atom stereocenters. The predicted molar refractivity (Wildman–Crippen MR) is 282 cm³/mol. The van der Waals surface area contributed by atoms with E-state index in [0.717, 1.165) is 0 Å². The minimum absolute atomic E-state index is 0.00232. The Balaban J connectivity index is 0.000000203. The number of hydrogen-bond donors (Lipinski definition) is 6. The SMILES string of the molecule is CN=C(C(=O)C[C@H]1Cc2cccc(C(=O)O)c2OB1O)c1cccnc1.CN=C(C(=O)O)c1cccnc1.CO/N=C(\C(=O)C[C@H]1Cc2cccc(C(=O)O)c2OB1O)c1cccnc1.CO/N=C(\C(=O)O)c1cccnc1. The fraction of sp³-hybridized carbons (Fsp3) is 0.192. The van der Waals surface area contributed by atoms with Crippen LogP contribution in [0.3, 0.4) is 0 Å². The molecule has 78 heavy (non-hydrogen) atoms. The van der Waals surface area contributed by atoms with Crippen LogP contribution < -0.4 is 9.31 Å². The Labute approximate surface area is 445 Å². The second-order valence-corrected chi connectivity index (χ2v) is 16.4. The number of oxime groups is 2. The largest absolute Gasteiger partial charge is 0.535 e. The molecular formula is C52H50B2N8O16. The summed E-state index contributed by atoms with van der Waals surface area (Å²) in [6.07, 6.45) is 12.9.